The molecule has 78 valence electrons. The quantitative estimate of drug-likeness (QED) is 0.401. The van der Waals surface area contributed by atoms with E-state index in [1.807, 2.05) is 0 Å². The number of ether oxygens (including phenoxy) is 1. The van der Waals surface area contributed by atoms with E-state index >= 15 is 0 Å². The minimum absolute atomic E-state index is 0.0559. The molecule has 1 rings (SSSR count). The fourth-order valence-electron chi connectivity index (χ4n) is 1.79. The molecule has 0 aliphatic heterocycles. The van der Waals surface area contributed by atoms with Crippen molar-refractivity contribution in [3.05, 3.63) is 0 Å². The van der Waals surface area contributed by atoms with Gasteiger partial charge in [0.2, 0.25) is 0 Å². The Hall–Kier alpha value is -0.690. The summed E-state index contributed by atoms with van der Waals surface area (Å²) in [4.78, 5) is 10.9. The van der Waals surface area contributed by atoms with Crippen LogP contribution in [0.3, 0.4) is 0 Å². The second kappa shape index (κ2) is 5.92. The smallest absolute Gasteiger partial charge is 0.302 e. The lowest BCUT2D eigenvalue weighted by atomic mass is 10.1. The molecule has 0 spiro atoms. The van der Waals surface area contributed by atoms with Crippen LogP contribution in [0.5, 0.6) is 0 Å². The lowest BCUT2D eigenvalue weighted by Crippen LogP contribution is -2.26. The van der Waals surface area contributed by atoms with Crippen molar-refractivity contribution in [2.75, 3.05) is 0 Å². The number of hydrogen-bond acceptors (Lipinski definition) is 4. The summed E-state index contributed by atoms with van der Waals surface area (Å²) in [7, 11) is 0. The van der Waals surface area contributed by atoms with Gasteiger partial charge in [-0.15, -0.1) is 0 Å². The zero-order chi connectivity index (χ0) is 10.4. The Bertz CT molecular complexity index is 237. The highest BCUT2D eigenvalue weighted by Gasteiger charge is 2.26. The molecule has 0 amide bonds. The fourth-order valence-corrected chi connectivity index (χ4v) is 2.55. The van der Waals surface area contributed by atoms with Gasteiger partial charge < -0.3 is 4.74 Å². The maximum Gasteiger partial charge on any atom is 0.302 e. The van der Waals surface area contributed by atoms with Crippen molar-refractivity contribution in [1.29, 1.82) is 5.26 Å². The Balaban J connectivity index is 2.54. The molecule has 3 nitrogen and oxygen atoms in total. The number of thiocyanates is 1. The first kappa shape index (κ1) is 11.4. The van der Waals surface area contributed by atoms with Crippen LogP contribution in [-0.2, 0) is 9.53 Å². The molecule has 0 aromatic rings. The lowest BCUT2D eigenvalue weighted by Gasteiger charge is -2.21. The molecular formula is C10H15NO2S. The van der Waals surface area contributed by atoms with Gasteiger partial charge in [0.15, 0.2) is 0 Å². The van der Waals surface area contributed by atoms with Gasteiger partial charge in [0, 0.05) is 6.92 Å². The molecule has 0 aromatic carbocycles. The molecule has 0 unspecified atom stereocenters. The van der Waals surface area contributed by atoms with Crippen LogP contribution < -0.4 is 0 Å². The molecule has 14 heavy (non-hydrogen) atoms. The molecule has 0 radical (unpaired) electrons. The van der Waals surface area contributed by atoms with Crippen molar-refractivity contribution >= 4 is 17.7 Å². The number of thioether (sulfide) groups is 1. The Labute approximate surface area is 88.8 Å². The Morgan fingerprint density at radius 3 is 2.79 bits per heavy atom. The first-order valence-electron chi connectivity index (χ1n) is 4.96. The van der Waals surface area contributed by atoms with Crippen LogP contribution in [0.15, 0.2) is 0 Å². The van der Waals surface area contributed by atoms with E-state index in [0.717, 1.165) is 25.7 Å². The highest BCUT2D eigenvalue weighted by Crippen LogP contribution is 2.29. The van der Waals surface area contributed by atoms with Crippen LogP contribution in [0.4, 0.5) is 0 Å². The van der Waals surface area contributed by atoms with Gasteiger partial charge in [-0.1, -0.05) is 12.8 Å². The summed E-state index contributed by atoms with van der Waals surface area (Å²) >= 11 is 1.24. The number of nitrogens with zero attached hydrogens (tertiary/aromatic N) is 1. The summed E-state index contributed by atoms with van der Waals surface area (Å²) in [5.41, 5.74) is 0. The number of nitriles is 1. The third-order valence-electron chi connectivity index (χ3n) is 2.41. The molecule has 1 aliphatic rings. The molecule has 0 aromatic heterocycles. The SMILES string of the molecule is CC(=O)O[C@H]1CCCCC[C@@H]1SC#N. The van der Waals surface area contributed by atoms with Crippen LogP contribution in [0.1, 0.15) is 39.0 Å². The summed E-state index contributed by atoms with van der Waals surface area (Å²) < 4.78 is 5.23. The standard InChI is InChI=1S/C10H15NO2S/c1-8(12)13-9-5-3-2-4-6-10(9)14-7-11/h9-10H,2-6H2,1H3/t9-,10-/m0/s1. The van der Waals surface area contributed by atoms with Gasteiger partial charge in [-0.25, -0.2) is 0 Å². The van der Waals surface area contributed by atoms with Crippen LogP contribution in [0.25, 0.3) is 0 Å². The highest BCUT2D eigenvalue weighted by atomic mass is 32.2. The monoisotopic (exact) mass is 213 g/mol. The van der Waals surface area contributed by atoms with Crippen molar-refractivity contribution in [3.8, 4) is 5.40 Å². The molecule has 0 heterocycles. The average Bonchev–Trinajstić information content (AvgIpc) is 2.32. The average molecular weight is 213 g/mol. The van der Waals surface area contributed by atoms with E-state index < -0.39 is 0 Å². The number of carbonyl (C=O) groups is 1. The van der Waals surface area contributed by atoms with E-state index in [9.17, 15) is 4.79 Å². The van der Waals surface area contributed by atoms with E-state index in [-0.39, 0.29) is 17.3 Å². The number of esters is 1. The third-order valence-corrected chi connectivity index (χ3v) is 3.36. The normalized spacial score (nSPS) is 27.4. The summed E-state index contributed by atoms with van der Waals surface area (Å²) in [6, 6.07) is 0. The highest BCUT2D eigenvalue weighted by molar-refractivity contribution is 8.04. The molecule has 1 fully saturated rings. The molecule has 2 atom stereocenters. The first-order chi connectivity index (χ1) is 6.74. The van der Waals surface area contributed by atoms with Crippen molar-refractivity contribution in [2.45, 2.75) is 50.4 Å². The van der Waals surface area contributed by atoms with Crippen molar-refractivity contribution in [2.24, 2.45) is 0 Å². The maximum atomic E-state index is 10.9. The van der Waals surface area contributed by atoms with Gasteiger partial charge in [0.25, 0.3) is 0 Å². The lowest BCUT2D eigenvalue weighted by molar-refractivity contribution is -0.146. The topological polar surface area (TPSA) is 50.1 Å². The van der Waals surface area contributed by atoms with E-state index in [1.54, 1.807) is 0 Å². The molecule has 4 heteroatoms. The zero-order valence-electron chi connectivity index (χ0n) is 8.36. The molecular weight excluding hydrogens is 198 g/mol. The van der Waals surface area contributed by atoms with Gasteiger partial charge in [0.1, 0.15) is 11.5 Å². The zero-order valence-corrected chi connectivity index (χ0v) is 9.18. The van der Waals surface area contributed by atoms with Crippen molar-refractivity contribution in [3.63, 3.8) is 0 Å². The second-order valence-corrected chi connectivity index (χ2v) is 4.56. The largest absolute Gasteiger partial charge is 0.461 e. The van der Waals surface area contributed by atoms with Crippen molar-refractivity contribution < 1.29 is 9.53 Å². The van der Waals surface area contributed by atoms with Crippen LogP contribution in [0.2, 0.25) is 0 Å². The number of rotatable bonds is 2. The number of hydrogen-bond donors (Lipinski definition) is 0. The van der Waals surface area contributed by atoms with E-state index in [1.165, 1.54) is 25.1 Å². The van der Waals surface area contributed by atoms with E-state index in [4.69, 9.17) is 10.00 Å². The predicted octanol–water partition coefficient (Wildman–Crippen LogP) is 2.47. The Morgan fingerprint density at radius 1 is 1.43 bits per heavy atom. The van der Waals surface area contributed by atoms with Gasteiger partial charge in [-0.3, -0.25) is 4.79 Å². The molecule has 0 bridgehead atoms. The minimum atomic E-state index is -0.236. The predicted molar refractivity (Wildman–Crippen MR) is 55.6 cm³/mol. The number of carbonyl (C=O) groups excluding carboxylic acids is 1. The summed E-state index contributed by atoms with van der Waals surface area (Å²) in [5, 5.41) is 10.9. The molecule has 1 saturated carbocycles. The van der Waals surface area contributed by atoms with Gasteiger partial charge >= 0.3 is 5.97 Å². The van der Waals surface area contributed by atoms with Gasteiger partial charge in [-0.05, 0) is 31.0 Å². The van der Waals surface area contributed by atoms with E-state index in [2.05, 4.69) is 5.40 Å². The van der Waals surface area contributed by atoms with Crippen molar-refractivity contribution in [1.82, 2.24) is 0 Å². The maximum absolute atomic E-state index is 10.9. The van der Waals surface area contributed by atoms with E-state index in [0.29, 0.717) is 0 Å². The molecule has 0 N–H and O–H groups in total. The van der Waals surface area contributed by atoms with Crippen LogP contribution in [-0.4, -0.2) is 17.3 Å². The van der Waals surface area contributed by atoms with Crippen LogP contribution >= 0.6 is 11.8 Å². The second-order valence-electron chi connectivity index (χ2n) is 3.53. The molecule has 0 saturated heterocycles. The summed E-state index contributed by atoms with van der Waals surface area (Å²) in [6.07, 6.45) is 5.24. The minimum Gasteiger partial charge on any atom is -0.461 e. The van der Waals surface area contributed by atoms with Gasteiger partial charge in [-0.2, -0.15) is 5.26 Å². The summed E-state index contributed by atoms with van der Waals surface area (Å²) in [5.74, 6) is -0.236. The van der Waals surface area contributed by atoms with Crippen LogP contribution in [0, 0.1) is 10.7 Å². The Kier molecular flexibility index (Phi) is 4.81. The Morgan fingerprint density at radius 2 is 2.14 bits per heavy atom. The fraction of sp³-hybridized carbons (Fsp3) is 0.800. The van der Waals surface area contributed by atoms with Gasteiger partial charge in [0.05, 0.1) is 5.25 Å². The summed E-state index contributed by atoms with van der Waals surface area (Å²) in [6.45, 7) is 1.43. The first-order valence-corrected chi connectivity index (χ1v) is 5.84. The molecule has 1 aliphatic carbocycles. The third kappa shape index (κ3) is 3.59.